The van der Waals surface area contributed by atoms with E-state index in [1.54, 1.807) is 6.08 Å². The van der Waals surface area contributed by atoms with E-state index in [4.69, 9.17) is 5.26 Å². The van der Waals surface area contributed by atoms with Gasteiger partial charge in [-0.05, 0) is 34.9 Å². The number of benzene rings is 2. The third-order valence-electron chi connectivity index (χ3n) is 3.00. The molecule has 0 fully saturated rings. The van der Waals surface area contributed by atoms with E-state index in [1.165, 1.54) is 13.0 Å². The zero-order chi connectivity index (χ0) is 15.8. The number of nitrogens with zero attached hydrogens (tertiary/aromatic N) is 1. The van der Waals surface area contributed by atoms with Crippen molar-refractivity contribution in [3.63, 3.8) is 0 Å². The average Bonchev–Trinajstić information content (AvgIpc) is 2.52. The largest absolute Gasteiger partial charge is 0.326 e. The number of nitriles is 1. The van der Waals surface area contributed by atoms with Crippen molar-refractivity contribution in [3.05, 3.63) is 71.3 Å². The van der Waals surface area contributed by atoms with Crippen LogP contribution in [0.15, 0.2) is 54.6 Å². The normalized spacial score (nSPS) is 10.7. The fourth-order valence-corrected chi connectivity index (χ4v) is 2.03. The van der Waals surface area contributed by atoms with E-state index < -0.39 is 0 Å². The summed E-state index contributed by atoms with van der Waals surface area (Å²) in [6.45, 7) is 1.48. The van der Waals surface area contributed by atoms with Crippen LogP contribution < -0.4 is 5.32 Å². The Balaban J connectivity index is 2.36. The summed E-state index contributed by atoms with van der Waals surface area (Å²) in [6, 6.07) is 17.5. The molecule has 0 saturated heterocycles. The van der Waals surface area contributed by atoms with Crippen LogP contribution in [0.4, 0.5) is 5.69 Å². The number of allylic oxidation sites excluding steroid dienone is 1. The van der Waals surface area contributed by atoms with Crippen molar-refractivity contribution in [2.75, 3.05) is 5.32 Å². The quantitative estimate of drug-likeness (QED) is 0.671. The molecule has 1 amide bonds. The number of amides is 1. The monoisotopic (exact) mass is 288 g/mol. The molecular formula is C19H16N2O. The van der Waals surface area contributed by atoms with Gasteiger partial charge in [0.05, 0.1) is 6.07 Å². The highest BCUT2D eigenvalue weighted by Gasteiger charge is 2.01. The van der Waals surface area contributed by atoms with E-state index in [-0.39, 0.29) is 5.91 Å². The van der Waals surface area contributed by atoms with Crippen molar-refractivity contribution in [1.29, 1.82) is 5.26 Å². The van der Waals surface area contributed by atoms with Gasteiger partial charge < -0.3 is 5.32 Å². The smallest absolute Gasteiger partial charge is 0.221 e. The first kappa shape index (κ1) is 15.3. The standard InChI is InChI=1S/C19H16N2O/c1-15(22)21-19-12-11-17(8-5-13-20)18(14-19)10-9-16-6-3-2-4-7-16/h2-12,14H,1H3,(H,21,22)/b8-5+,10-9+. The lowest BCUT2D eigenvalue weighted by Gasteiger charge is -2.06. The molecule has 0 spiro atoms. The Hall–Kier alpha value is -3.12. The van der Waals surface area contributed by atoms with Crippen molar-refractivity contribution in [2.45, 2.75) is 6.92 Å². The minimum absolute atomic E-state index is 0.113. The number of nitrogens with one attached hydrogen (secondary N) is 1. The third kappa shape index (κ3) is 4.46. The predicted octanol–water partition coefficient (Wildman–Crippen LogP) is 4.35. The highest BCUT2D eigenvalue weighted by atomic mass is 16.1. The summed E-state index contributed by atoms with van der Waals surface area (Å²) in [4.78, 5) is 11.2. The van der Waals surface area contributed by atoms with Crippen LogP contribution in [0.5, 0.6) is 0 Å². The molecule has 3 heteroatoms. The highest BCUT2D eigenvalue weighted by Crippen LogP contribution is 2.20. The fraction of sp³-hybridized carbons (Fsp3) is 0.0526. The van der Waals surface area contributed by atoms with E-state index in [0.29, 0.717) is 0 Å². The molecule has 0 aliphatic carbocycles. The van der Waals surface area contributed by atoms with Crippen molar-refractivity contribution < 1.29 is 4.79 Å². The summed E-state index contributed by atoms with van der Waals surface area (Å²) >= 11 is 0. The van der Waals surface area contributed by atoms with Crippen LogP contribution in [0, 0.1) is 11.3 Å². The molecule has 2 rings (SSSR count). The van der Waals surface area contributed by atoms with Crippen LogP contribution in [-0.4, -0.2) is 5.91 Å². The maximum Gasteiger partial charge on any atom is 0.221 e. The molecule has 0 aromatic heterocycles. The molecule has 1 N–H and O–H groups in total. The van der Waals surface area contributed by atoms with E-state index >= 15 is 0 Å². The number of carbonyl (C=O) groups is 1. The number of rotatable bonds is 4. The Morgan fingerprint density at radius 3 is 2.50 bits per heavy atom. The van der Waals surface area contributed by atoms with E-state index in [9.17, 15) is 4.79 Å². The first-order valence-corrected chi connectivity index (χ1v) is 6.90. The molecule has 2 aromatic rings. The molecule has 0 bridgehead atoms. The molecule has 0 aliphatic rings. The lowest BCUT2D eigenvalue weighted by Crippen LogP contribution is -2.05. The predicted molar refractivity (Wildman–Crippen MR) is 90.8 cm³/mol. The first-order chi connectivity index (χ1) is 10.7. The summed E-state index contributed by atoms with van der Waals surface area (Å²) in [7, 11) is 0. The molecule has 0 radical (unpaired) electrons. The van der Waals surface area contributed by atoms with E-state index in [1.807, 2.05) is 66.8 Å². The third-order valence-corrected chi connectivity index (χ3v) is 3.00. The van der Waals surface area contributed by atoms with Gasteiger partial charge in [0, 0.05) is 18.7 Å². The van der Waals surface area contributed by atoms with Crippen molar-refractivity contribution in [1.82, 2.24) is 0 Å². The summed E-state index contributed by atoms with van der Waals surface area (Å²) < 4.78 is 0. The van der Waals surface area contributed by atoms with E-state index in [0.717, 1.165) is 22.4 Å². The van der Waals surface area contributed by atoms with Gasteiger partial charge in [-0.1, -0.05) is 48.6 Å². The molecule has 0 heterocycles. The van der Waals surface area contributed by atoms with Gasteiger partial charge >= 0.3 is 0 Å². The average molecular weight is 288 g/mol. The number of carbonyl (C=O) groups excluding carboxylic acids is 1. The van der Waals surface area contributed by atoms with Gasteiger partial charge in [0.2, 0.25) is 5.91 Å². The second kappa shape index (κ2) is 7.61. The van der Waals surface area contributed by atoms with Gasteiger partial charge in [-0.15, -0.1) is 0 Å². The molecule has 22 heavy (non-hydrogen) atoms. The summed E-state index contributed by atoms with van der Waals surface area (Å²) in [5.41, 5.74) is 3.67. The fourth-order valence-electron chi connectivity index (χ4n) is 2.03. The Morgan fingerprint density at radius 1 is 1.05 bits per heavy atom. The van der Waals surface area contributed by atoms with Crippen LogP contribution in [0.3, 0.4) is 0 Å². The van der Waals surface area contributed by atoms with Gasteiger partial charge in [0.25, 0.3) is 0 Å². The Labute approximate surface area is 130 Å². The van der Waals surface area contributed by atoms with Gasteiger partial charge in [-0.3, -0.25) is 4.79 Å². The van der Waals surface area contributed by atoms with Gasteiger partial charge in [0.1, 0.15) is 0 Å². The number of anilines is 1. The Morgan fingerprint density at radius 2 is 1.82 bits per heavy atom. The number of hydrogen-bond acceptors (Lipinski definition) is 2. The van der Waals surface area contributed by atoms with Crippen molar-refractivity contribution >= 4 is 29.8 Å². The van der Waals surface area contributed by atoms with Crippen molar-refractivity contribution in [3.8, 4) is 6.07 Å². The Bertz CT molecular complexity index is 753. The summed E-state index contributed by atoms with van der Waals surface area (Å²) in [5, 5.41) is 11.5. The van der Waals surface area contributed by atoms with Crippen LogP contribution in [0.1, 0.15) is 23.6 Å². The second-order valence-corrected chi connectivity index (χ2v) is 4.73. The zero-order valence-electron chi connectivity index (χ0n) is 12.3. The molecular weight excluding hydrogens is 272 g/mol. The summed E-state index contributed by atoms with van der Waals surface area (Å²) in [5.74, 6) is -0.113. The summed E-state index contributed by atoms with van der Waals surface area (Å²) in [6.07, 6.45) is 7.16. The minimum Gasteiger partial charge on any atom is -0.326 e. The van der Waals surface area contributed by atoms with Gasteiger partial charge in [0.15, 0.2) is 0 Å². The van der Waals surface area contributed by atoms with Crippen LogP contribution in [0.25, 0.3) is 18.2 Å². The Kier molecular flexibility index (Phi) is 5.28. The topological polar surface area (TPSA) is 52.9 Å². The van der Waals surface area contributed by atoms with Crippen LogP contribution >= 0.6 is 0 Å². The maximum absolute atomic E-state index is 11.2. The highest BCUT2D eigenvalue weighted by molar-refractivity contribution is 5.90. The van der Waals surface area contributed by atoms with Crippen LogP contribution in [0.2, 0.25) is 0 Å². The SMILES string of the molecule is CC(=O)Nc1ccc(/C=C/C#N)c(/C=C/c2ccccc2)c1. The zero-order valence-corrected chi connectivity index (χ0v) is 12.3. The van der Waals surface area contributed by atoms with Crippen molar-refractivity contribution in [2.24, 2.45) is 0 Å². The molecule has 108 valence electrons. The van der Waals surface area contributed by atoms with Gasteiger partial charge in [-0.25, -0.2) is 0 Å². The molecule has 3 nitrogen and oxygen atoms in total. The molecule has 0 aliphatic heterocycles. The molecule has 0 saturated carbocycles. The maximum atomic E-state index is 11.2. The van der Waals surface area contributed by atoms with Crippen LogP contribution in [-0.2, 0) is 4.79 Å². The second-order valence-electron chi connectivity index (χ2n) is 4.73. The lowest BCUT2D eigenvalue weighted by atomic mass is 10.0. The molecule has 0 unspecified atom stereocenters. The van der Waals surface area contributed by atoms with Gasteiger partial charge in [-0.2, -0.15) is 5.26 Å². The number of hydrogen-bond donors (Lipinski definition) is 1. The molecule has 2 aromatic carbocycles. The first-order valence-electron chi connectivity index (χ1n) is 6.90. The molecule has 0 atom stereocenters. The lowest BCUT2D eigenvalue weighted by molar-refractivity contribution is -0.114. The minimum atomic E-state index is -0.113. The van der Waals surface area contributed by atoms with E-state index in [2.05, 4.69) is 5.32 Å².